The minimum absolute atomic E-state index is 0.0744. The van der Waals surface area contributed by atoms with Crippen molar-refractivity contribution < 1.29 is 9.59 Å². The van der Waals surface area contributed by atoms with Gasteiger partial charge in [-0.3, -0.25) is 4.79 Å². The van der Waals surface area contributed by atoms with Crippen LogP contribution in [0.4, 0.5) is 4.79 Å². The van der Waals surface area contributed by atoms with Gasteiger partial charge in [0.15, 0.2) is 0 Å². The molecule has 0 aliphatic heterocycles. The summed E-state index contributed by atoms with van der Waals surface area (Å²) in [4.78, 5) is 24.4. The van der Waals surface area contributed by atoms with Crippen LogP contribution < -0.4 is 10.6 Å². The molecule has 0 aliphatic carbocycles. The highest BCUT2D eigenvalue weighted by Gasteiger charge is 2.11. The fourth-order valence-electron chi connectivity index (χ4n) is 1.63. The average molecular weight is 263 g/mol. The fourth-order valence-corrected chi connectivity index (χ4v) is 1.63. The van der Waals surface area contributed by atoms with Crippen molar-refractivity contribution in [2.45, 2.75) is 13.3 Å². The molecule has 0 aromatic heterocycles. The van der Waals surface area contributed by atoms with E-state index in [-0.39, 0.29) is 18.5 Å². The van der Waals surface area contributed by atoms with E-state index in [4.69, 9.17) is 0 Å². The first-order chi connectivity index (χ1) is 9.13. The fraction of sp³-hybridized carbons (Fsp3) is 0.429. The number of urea groups is 1. The normalized spacial score (nSPS) is 9.79. The van der Waals surface area contributed by atoms with Crippen LogP contribution in [0.5, 0.6) is 0 Å². The van der Waals surface area contributed by atoms with Crippen LogP contribution in [0.1, 0.15) is 12.5 Å². The molecule has 5 heteroatoms. The first kappa shape index (κ1) is 15.0. The molecule has 0 unspecified atom stereocenters. The van der Waals surface area contributed by atoms with Gasteiger partial charge in [0, 0.05) is 20.1 Å². The van der Waals surface area contributed by atoms with E-state index in [1.54, 1.807) is 7.05 Å². The predicted molar refractivity (Wildman–Crippen MR) is 74.9 cm³/mol. The third-order valence-electron chi connectivity index (χ3n) is 2.63. The second-order valence-corrected chi connectivity index (χ2v) is 4.28. The molecule has 1 aromatic rings. The lowest BCUT2D eigenvalue weighted by Crippen LogP contribution is -2.43. The van der Waals surface area contributed by atoms with E-state index in [9.17, 15) is 9.59 Å². The first-order valence-electron chi connectivity index (χ1n) is 6.43. The molecule has 5 nitrogen and oxygen atoms in total. The summed E-state index contributed by atoms with van der Waals surface area (Å²) in [5.74, 6) is -0.150. The minimum Gasteiger partial charge on any atom is -0.355 e. The zero-order valence-corrected chi connectivity index (χ0v) is 11.5. The van der Waals surface area contributed by atoms with Crippen LogP contribution in [0.3, 0.4) is 0 Å². The summed E-state index contributed by atoms with van der Waals surface area (Å²) in [7, 11) is 1.60. The van der Waals surface area contributed by atoms with Crippen LogP contribution in [-0.4, -0.2) is 43.5 Å². The lowest BCUT2D eigenvalue weighted by molar-refractivity contribution is -0.121. The van der Waals surface area contributed by atoms with Crippen LogP contribution >= 0.6 is 0 Å². The maximum absolute atomic E-state index is 11.7. The van der Waals surface area contributed by atoms with Gasteiger partial charge in [0.1, 0.15) is 6.54 Å². The van der Waals surface area contributed by atoms with Crippen molar-refractivity contribution in [3.63, 3.8) is 0 Å². The lowest BCUT2D eigenvalue weighted by Gasteiger charge is -2.17. The van der Waals surface area contributed by atoms with Gasteiger partial charge < -0.3 is 15.5 Å². The molecular formula is C14H21N3O2. The van der Waals surface area contributed by atoms with Crippen molar-refractivity contribution in [1.82, 2.24) is 15.5 Å². The Balaban J connectivity index is 2.25. The summed E-state index contributed by atoms with van der Waals surface area (Å²) in [5, 5.41) is 5.44. The Hall–Kier alpha value is -2.04. The number of amides is 3. The Bertz CT molecular complexity index is 406. The standard InChI is InChI=1S/C14H21N3O2/c1-3-15-13(18)11-17(2)14(19)16-10-9-12-7-5-4-6-8-12/h4-8H,3,9-11H2,1-2H3,(H,15,18)(H,16,19). The highest BCUT2D eigenvalue weighted by Crippen LogP contribution is 1.98. The molecule has 0 heterocycles. The topological polar surface area (TPSA) is 61.4 Å². The lowest BCUT2D eigenvalue weighted by atomic mass is 10.1. The zero-order chi connectivity index (χ0) is 14.1. The van der Waals surface area contributed by atoms with Crippen molar-refractivity contribution >= 4 is 11.9 Å². The molecule has 0 spiro atoms. The number of carbonyl (C=O) groups is 2. The van der Waals surface area contributed by atoms with E-state index in [0.717, 1.165) is 6.42 Å². The van der Waals surface area contributed by atoms with Gasteiger partial charge in [0.25, 0.3) is 0 Å². The van der Waals surface area contributed by atoms with Crippen molar-refractivity contribution in [1.29, 1.82) is 0 Å². The Morgan fingerprint density at radius 2 is 1.84 bits per heavy atom. The molecule has 0 radical (unpaired) electrons. The molecule has 1 rings (SSSR count). The number of likely N-dealkylation sites (N-methyl/N-ethyl adjacent to an activating group) is 2. The van der Waals surface area contributed by atoms with Crippen molar-refractivity contribution in [2.75, 3.05) is 26.7 Å². The molecule has 0 atom stereocenters. The Labute approximate surface area is 114 Å². The van der Waals surface area contributed by atoms with Gasteiger partial charge in [-0.2, -0.15) is 0 Å². The molecule has 0 aliphatic rings. The summed E-state index contributed by atoms with van der Waals surface area (Å²) >= 11 is 0. The molecule has 19 heavy (non-hydrogen) atoms. The summed E-state index contributed by atoms with van der Waals surface area (Å²) in [6.45, 7) is 3.05. The van der Waals surface area contributed by atoms with Gasteiger partial charge in [0.05, 0.1) is 0 Å². The summed E-state index contributed by atoms with van der Waals surface area (Å²) < 4.78 is 0. The molecule has 1 aromatic carbocycles. The number of rotatable bonds is 6. The van der Waals surface area contributed by atoms with E-state index < -0.39 is 0 Å². The highest BCUT2D eigenvalue weighted by molar-refractivity contribution is 5.83. The van der Waals surface area contributed by atoms with Crippen LogP contribution in [0, 0.1) is 0 Å². The van der Waals surface area contributed by atoms with Crippen molar-refractivity contribution in [3.05, 3.63) is 35.9 Å². The van der Waals surface area contributed by atoms with Gasteiger partial charge >= 0.3 is 6.03 Å². The SMILES string of the molecule is CCNC(=O)CN(C)C(=O)NCCc1ccccc1. The molecule has 3 amide bonds. The minimum atomic E-state index is -0.234. The third-order valence-corrected chi connectivity index (χ3v) is 2.63. The van der Waals surface area contributed by atoms with Crippen molar-refractivity contribution in [3.8, 4) is 0 Å². The average Bonchev–Trinajstić information content (AvgIpc) is 2.40. The zero-order valence-electron chi connectivity index (χ0n) is 11.5. The summed E-state index contributed by atoms with van der Waals surface area (Å²) in [5.41, 5.74) is 1.18. The van der Waals surface area contributed by atoms with Crippen LogP contribution in [0.2, 0.25) is 0 Å². The second-order valence-electron chi connectivity index (χ2n) is 4.28. The Morgan fingerprint density at radius 3 is 2.47 bits per heavy atom. The maximum atomic E-state index is 11.7. The molecule has 0 bridgehead atoms. The predicted octanol–water partition coefficient (Wildman–Crippen LogP) is 1.01. The molecular weight excluding hydrogens is 242 g/mol. The molecule has 104 valence electrons. The van der Waals surface area contributed by atoms with Crippen molar-refractivity contribution in [2.24, 2.45) is 0 Å². The number of hydrogen-bond donors (Lipinski definition) is 2. The van der Waals surface area contributed by atoms with Crippen LogP contribution in [0.25, 0.3) is 0 Å². The van der Waals surface area contributed by atoms with E-state index in [1.807, 2.05) is 37.3 Å². The molecule has 0 saturated heterocycles. The van der Waals surface area contributed by atoms with Crippen LogP contribution in [0.15, 0.2) is 30.3 Å². The molecule has 2 N–H and O–H groups in total. The van der Waals surface area contributed by atoms with E-state index in [1.165, 1.54) is 10.5 Å². The summed E-state index contributed by atoms with van der Waals surface area (Å²) in [6, 6.07) is 9.70. The summed E-state index contributed by atoms with van der Waals surface area (Å²) in [6.07, 6.45) is 0.779. The highest BCUT2D eigenvalue weighted by atomic mass is 16.2. The molecule has 0 saturated carbocycles. The number of carbonyl (C=O) groups excluding carboxylic acids is 2. The second kappa shape index (κ2) is 8.13. The van der Waals surface area contributed by atoms with Gasteiger partial charge in [-0.05, 0) is 18.9 Å². The van der Waals surface area contributed by atoms with Gasteiger partial charge in [-0.15, -0.1) is 0 Å². The molecule has 0 fully saturated rings. The smallest absolute Gasteiger partial charge is 0.317 e. The van der Waals surface area contributed by atoms with Gasteiger partial charge in [-0.25, -0.2) is 4.79 Å². The Kier molecular flexibility index (Phi) is 6.43. The van der Waals surface area contributed by atoms with E-state index in [0.29, 0.717) is 13.1 Å². The number of hydrogen-bond acceptors (Lipinski definition) is 2. The number of nitrogens with zero attached hydrogens (tertiary/aromatic N) is 1. The van der Waals surface area contributed by atoms with E-state index in [2.05, 4.69) is 10.6 Å². The van der Waals surface area contributed by atoms with Gasteiger partial charge in [-0.1, -0.05) is 30.3 Å². The number of benzene rings is 1. The van der Waals surface area contributed by atoms with Crippen LogP contribution in [-0.2, 0) is 11.2 Å². The Morgan fingerprint density at radius 1 is 1.16 bits per heavy atom. The van der Waals surface area contributed by atoms with Gasteiger partial charge in [0.2, 0.25) is 5.91 Å². The maximum Gasteiger partial charge on any atom is 0.317 e. The van der Waals surface area contributed by atoms with E-state index >= 15 is 0 Å². The number of nitrogens with one attached hydrogen (secondary N) is 2. The first-order valence-corrected chi connectivity index (χ1v) is 6.43. The monoisotopic (exact) mass is 263 g/mol. The third kappa shape index (κ3) is 5.90. The largest absolute Gasteiger partial charge is 0.355 e. The quantitative estimate of drug-likeness (QED) is 0.804.